The van der Waals surface area contributed by atoms with Gasteiger partial charge in [0.05, 0.1) is 5.92 Å². The normalized spacial score (nSPS) is 23.0. The predicted molar refractivity (Wildman–Crippen MR) is 97.2 cm³/mol. The van der Waals surface area contributed by atoms with Crippen molar-refractivity contribution < 1.29 is 9.59 Å². The molecule has 0 bridgehead atoms. The first kappa shape index (κ1) is 19.0. The van der Waals surface area contributed by atoms with E-state index >= 15 is 0 Å². The van der Waals surface area contributed by atoms with Gasteiger partial charge < -0.3 is 4.90 Å². The Labute approximate surface area is 147 Å². The molecule has 0 radical (unpaired) electrons. The highest BCUT2D eigenvalue weighted by molar-refractivity contribution is 6.03. The van der Waals surface area contributed by atoms with Gasteiger partial charge in [-0.3, -0.25) is 14.5 Å². The van der Waals surface area contributed by atoms with Crippen molar-refractivity contribution in [1.29, 1.82) is 0 Å². The van der Waals surface area contributed by atoms with Crippen LogP contribution in [0.2, 0.25) is 0 Å². The van der Waals surface area contributed by atoms with Crippen molar-refractivity contribution >= 4 is 11.8 Å². The highest BCUT2D eigenvalue weighted by Crippen LogP contribution is 2.37. The molecule has 0 aromatic carbocycles. The highest BCUT2D eigenvalue weighted by atomic mass is 16.2. The first-order chi connectivity index (χ1) is 10.9. The third-order valence-electron chi connectivity index (χ3n) is 5.69. The monoisotopic (exact) mass is 334 g/mol. The maximum atomic E-state index is 12.5. The molecule has 136 valence electrons. The lowest BCUT2D eigenvalue weighted by Gasteiger charge is -2.48. The van der Waals surface area contributed by atoms with Crippen LogP contribution in [0.3, 0.4) is 0 Å². The van der Waals surface area contributed by atoms with E-state index in [4.69, 9.17) is 0 Å². The van der Waals surface area contributed by atoms with E-state index in [1.165, 1.54) is 4.90 Å². The first-order valence-electron chi connectivity index (χ1n) is 9.18. The van der Waals surface area contributed by atoms with Crippen molar-refractivity contribution in [1.82, 2.24) is 9.80 Å². The Morgan fingerprint density at radius 2 is 1.67 bits per heavy atom. The van der Waals surface area contributed by atoms with Crippen LogP contribution in [0.4, 0.5) is 0 Å². The van der Waals surface area contributed by atoms with Gasteiger partial charge in [0.25, 0.3) is 0 Å². The Kier molecular flexibility index (Phi) is 5.17. The molecule has 2 amide bonds. The number of rotatable bonds is 5. The van der Waals surface area contributed by atoms with Crippen LogP contribution in [0.1, 0.15) is 60.8 Å². The SMILES string of the molecule is C=C(CCCN1C(=O)CC(C(C)(C)C)C1=O)N1CC(C(C)(C)C)C1. The summed E-state index contributed by atoms with van der Waals surface area (Å²) in [6.45, 7) is 19.8. The van der Waals surface area contributed by atoms with Crippen molar-refractivity contribution in [3.63, 3.8) is 0 Å². The van der Waals surface area contributed by atoms with Crippen LogP contribution < -0.4 is 0 Å². The molecule has 1 unspecified atom stereocenters. The minimum Gasteiger partial charge on any atom is -0.375 e. The number of likely N-dealkylation sites (tertiary alicyclic amines) is 2. The van der Waals surface area contributed by atoms with Crippen LogP contribution in [0.5, 0.6) is 0 Å². The van der Waals surface area contributed by atoms with Gasteiger partial charge in [-0.15, -0.1) is 0 Å². The summed E-state index contributed by atoms with van der Waals surface area (Å²) in [5.41, 5.74) is 1.35. The molecule has 1 atom stereocenters. The predicted octanol–water partition coefficient (Wildman–Crippen LogP) is 3.68. The molecule has 2 heterocycles. The number of nitrogens with zero attached hydrogens (tertiary/aromatic N) is 2. The van der Waals surface area contributed by atoms with Gasteiger partial charge >= 0.3 is 0 Å². The van der Waals surface area contributed by atoms with E-state index in [2.05, 4.69) is 32.3 Å². The summed E-state index contributed by atoms with van der Waals surface area (Å²) >= 11 is 0. The van der Waals surface area contributed by atoms with Crippen molar-refractivity contribution in [3.05, 3.63) is 12.3 Å². The molecule has 0 spiro atoms. The summed E-state index contributed by atoms with van der Waals surface area (Å²) in [4.78, 5) is 28.4. The van der Waals surface area contributed by atoms with Gasteiger partial charge in [0.15, 0.2) is 0 Å². The zero-order chi connectivity index (χ0) is 18.3. The fraction of sp³-hybridized carbons (Fsp3) is 0.800. The molecule has 2 aliphatic rings. The Morgan fingerprint density at radius 1 is 1.08 bits per heavy atom. The number of carbonyl (C=O) groups excluding carboxylic acids is 2. The number of amides is 2. The quantitative estimate of drug-likeness (QED) is 0.720. The molecule has 0 N–H and O–H groups in total. The van der Waals surface area contributed by atoms with Crippen LogP contribution in [-0.4, -0.2) is 41.2 Å². The first-order valence-corrected chi connectivity index (χ1v) is 9.18. The Morgan fingerprint density at radius 3 is 2.12 bits per heavy atom. The fourth-order valence-electron chi connectivity index (χ4n) is 3.48. The minimum absolute atomic E-state index is 0.00913. The largest absolute Gasteiger partial charge is 0.375 e. The van der Waals surface area contributed by atoms with Gasteiger partial charge in [0, 0.05) is 31.8 Å². The van der Waals surface area contributed by atoms with Crippen LogP contribution in [0.15, 0.2) is 12.3 Å². The molecule has 0 saturated carbocycles. The van der Waals surface area contributed by atoms with E-state index in [0.29, 0.717) is 18.4 Å². The van der Waals surface area contributed by atoms with E-state index in [1.807, 2.05) is 20.8 Å². The Hall–Kier alpha value is -1.32. The second kappa shape index (κ2) is 6.53. The summed E-state index contributed by atoms with van der Waals surface area (Å²) in [6.07, 6.45) is 2.03. The number of imide groups is 1. The summed E-state index contributed by atoms with van der Waals surface area (Å²) < 4.78 is 0. The van der Waals surface area contributed by atoms with Crippen molar-refractivity contribution in [2.75, 3.05) is 19.6 Å². The van der Waals surface area contributed by atoms with Crippen molar-refractivity contribution in [2.24, 2.45) is 22.7 Å². The van der Waals surface area contributed by atoms with E-state index in [0.717, 1.165) is 37.5 Å². The van der Waals surface area contributed by atoms with E-state index < -0.39 is 0 Å². The summed E-state index contributed by atoms with van der Waals surface area (Å²) in [7, 11) is 0. The van der Waals surface area contributed by atoms with E-state index in [9.17, 15) is 9.59 Å². The maximum absolute atomic E-state index is 12.5. The summed E-state index contributed by atoms with van der Waals surface area (Å²) in [6, 6.07) is 0. The van der Waals surface area contributed by atoms with Gasteiger partial charge in [-0.2, -0.15) is 0 Å². The number of hydrogen-bond acceptors (Lipinski definition) is 3. The molecule has 4 nitrogen and oxygen atoms in total. The van der Waals surface area contributed by atoms with Crippen LogP contribution in [0.25, 0.3) is 0 Å². The van der Waals surface area contributed by atoms with Gasteiger partial charge in [0.1, 0.15) is 0 Å². The van der Waals surface area contributed by atoms with Crippen molar-refractivity contribution in [2.45, 2.75) is 60.8 Å². The fourth-order valence-corrected chi connectivity index (χ4v) is 3.48. The van der Waals surface area contributed by atoms with Crippen molar-refractivity contribution in [3.8, 4) is 0 Å². The minimum atomic E-state index is -0.170. The standard InChI is InChI=1S/C20H34N2O2/c1-14(21-12-15(13-21)19(2,3)4)9-8-10-22-17(23)11-16(18(22)24)20(5,6)7/h15-16H,1,8-13H2,2-7H3. The molecule has 2 aliphatic heterocycles. The van der Waals surface area contributed by atoms with Crippen LogP contribution >= 0.6 is 0 Å². The molecular formula is C20H34N2O2. The van der Waals surface area contributed by atoms with Gasteiger partial charge in [0.2, 0.25) is 11.8 Å². The number of carbonyl (C=O) groups is 2. The second-order valence-electron chi connectivity index (χ2n) is 9.64. The lowest BCUT2D eigenvalue weighted by atomic mass is 9.76. The molecule has 2 fully saturated rings. The smallest absolute Gasteiger partial charge is 0.233 e. The number of allylic oxidation sites excluding steroid dienone is 1. The van der Waals surface area contributed by atoms with E-state index in [1.54, 1.807) is 0 Å². The molecule has 0 aliphatic carbocycles. The molecule has 2 saturated heterocycles. The third-order valence-corrected chi connectivity index (χ3v) is 5.69. The molecule has 0 aromatic rings. The van der Waals surface area contributed by atoms with Crippen LogP contribution in [-0.2, 0) is 9.59 Å². The average molecular weight is 335 g/mol. The molecular weight excluding hydrogens is 300 g/mol. The molecule has 24 heavy (non-hydrogen) atoms. The summed E-state index contributed by atoms with van der Waals surface area (Å²) in [5.74, 6) is 0.553. The number of hydrogen-bond donors (Lipinski definition) is 0. The second-order valence-corrected chi connectivity index (χ2v) is 9.64. The van der Waals surface area contributed by atoms with Gasteiger partial charge in [-0.05, 0) is 29.6 Å². The lowest BCUT2D eigenvalue weighted by molar-refractivity contribution is -0.140. The highest BCUT2D eigenvalue weighted by Gasteiger charge is 2.44. The zero-order valence-corrected chi connectivity index (χ0v) is 16.3. The van der Waals surface area contributed by atoms with Gasteiger partial charge in [-0.25, -0.2) is 0 Å². The maximum Gasteiger partial charge on any atom is 0.233 e. The molecule has 0 aromatic heterocycles. The zero-order valence-electron chi connectivity index (χ0n) is 16.3. The molecule has 2 rings (SSSR count). The Bertz CT molecular complexity index is 519. The van der Waals surface area contributed by atoms with Crippen LogP contribution in [0, 0.1) is 22.7 Å². The molecule has 4 heteroatoms. The average Bonchev–Trinajstić information content (AvgIpc) is 2.62. The lowest BCUT2D eigenvalue weighted by Crippen LogP contribution is -2.51. The topological polar surface area (TPSA) is 40.6 Å². The van der Waals surface area contributed by atoms with Gasteiger partial charge in [-0.1, -0.05) is 48.1 Å². The Balaban J connectivity index is 1.76. The third kappa shape index (κ3) is 4.01. The van der Waals surface area contributed by atoms with E-state index in [-0.39, 0.29) is 23.1 Å². The summed E-state index contributed by atoms with van der Waals surface area (Å²) in [5, 5.41) is 0.